The molecule has 1 aliphatic heterocycles. The number of hydrogen-bond donors (Lipinski definition) is 1. The van der Waals surface area contributed by atoms with E-state index in [4.69, 9.17) is 9.47 Å². The first kappa shape index (κ1) is 13.1. The van der Waals surface area contributed by atoms with Crippen LogP contribution in [0.5, 0.6) is 0 Å². The molecule has 1 atom stereocenters. The standard InChI is InChI=1S/C14H15NO4/c1-3-18-13(16)11-9(2)19-14(17)15-12(11)10-7-5-4-6-8-10/h4-8,12H,3H2,1-2H3,(H,15,17). The van der Waals surface area contributed by atoms with Crippen LogP contribution >= 0.6 is 0 Å². The Balaban J connectivity index is 2.41. The van der Waals surface area contributed by atoms with E-state index in [-0.39, 0.29) is 12.4 Å². The maximum absolute atomic E-state index is 12.0. The van der Waals surface area contributed by atoms with Crippen LogP contribution in [0.1, 0.15) is 25.5 Å². The van der Waals surface area contributed by atoms with E-state index in [1.807, 2.05) is 30.3 Å². The highest BCUT2D eigenvalue weighted by Gasteiger charge is 2.33. The summed E-state index contributed by atoms with van der Waals surface area (Å²) in [4.78, 5) is 23.5. The van der Waals surface area contributed by atoms with Gasteiger partial charge in [-0.25, -0.2) is 9.59 Å². The highest BCUT2D eigenvalue weighted by molar-refractivity contribution is 5.93. The average Bonchev–Trinajstić information content (AvgIpc) is 2.39. The fourth-order valence-electron chi connectivity index (χ4n) is 1.98. The van der Waals surface area contributed by atoms with Crippen molar-refractivity contribution in [2.45, 2.75) is 19.9 Å². The van der Waals surface area contributed by atoms with Crippen LogP contribution in [0.15, 0.2) is 41.7 Å². The number of esters is 1. The van der Waals surface area contributed by atoms with E-state index in [0.717, 1.165) is 5.56 Å². The van der Waals surface area contributed by atoms with Gasteiger partial charge in [0.2, 0.25) is 0 Å². The van der Waals surface area contributed by atoms with Crippen molar-refractivity contribution in [2.75, 3.05) is 6.61 Å². The molecule has 5 nitrogen and oxygen atoms in total. The van der Waals surface area contributed by atoms with Crippen molar-refractivity contribution in [2.24, 2.45) is 0 Å². The van der Waals surface area contributed by atoms with E-state index in [2.05, 4.69) is 5.32 Å². The van der Waals surface area contributed by atoms with Crippen molar-refractivity contribution >= 4 is 12.1 Å². The average molecular weight is 261 g/mol. The van der Waals surface area contributed by atoms with Crippen LogP contribution in [0.4, 0.5) is 4.79 Å². The summed E-state index contributed by atoms with van der Waals surface area (Å²) < 4.78 is 9.96. The number of carbonyl (C=O) groups excluding carboxylic acids is 2. The molecule has 1 unspecified atom stereocenters. The topological polar surface area (TPSA) is 64.6 Å². The number of nitrogens with one attached hydrogen (secondary N) is 1. The van der Waals surface area contributed by atoms with Gasteiger partial charge in [0.15, 0.2) is 0 Å². The lowest BCUT2D eigenvalue weighted by Gasteiger charge is -2.26. The first-order chi connectivity index (χ1) is 9.13. The lowest BCUT2D eigenvalue weighted by molar-refractivity contribution is -0.139. The third kappa shape index (κ3) is 2.76. The summed E-state index contributed by atoms with van der Waals surface area (Å²) in [7, 11) is 0. The largest absolute Gasteiger partial charge is 0.462 e. The zero-order valence-electron chi connectivity index (χ0n) is 10.8. The molecule has 2 rings (SSSR count). The zero-order chi connectivity index (χ0) is 13.8. The molecular weight excluding hydrogens is 246 g/mol. The van der Waals surface area contributed by atoms with Gasteiger partial charge in [0.1, 0.15) is 11.3 Å². The molecule has 1 N–H and O–H groups in total. The van der Waals surface area contributed by atoms with Gasteiger partial charge in [-0.05, 0) is 19.4 Å². The van der Waals surface area contributed by atoms with E-state index < -0.39 is 18.1 Å². The fourth-order valence-corrected chi connectivity index (χ4v) is 1.98. The summed E-state index contributed by atoms with van der Waals surface area (Å²) in [5, 5.41) is 2.63. The van der Waals surface area contributed by atoms with Crippen molar-refractivity contribution < 1.29 is 19.1 Å². The van der Waals surface area contributed by atoms with E-state index in [1.165, 1.54) is 0 Å². The molecule has 0 aliphatic carbocycles. The molecule has 0 radical (unpaired) electrons. The van der Waals surface area contributed by atoms with E-state index in [9.17, 15) is 9.59 Å². The van der Waals surface area contributed by atoms with Gasteiger partial charge >= 0.3 is 12.1 Å². The van der Waals surface area contributed by atoms with Crippen LogP contribution < -0.4 is 5.32 Å². The van der Waals surface area contributed by atoms with Gasteiger partial charge in [-0.2, -0.15) is 0 Å². The van der Waals surface area contributed by atoms with Crippen LogP contribution in [0, 0.1) is 0 Å². The minimum absolute atomic E-state index is 0.269. The minimum atomic E-state index is -0.570. The summed E-state index contributed by atoms with van der Waals surface area (Å²) in [6.45, 7) is 3.58. The molecule has 19 heavy (non-hydrogen) atoms. The Labute approximate surface area is 111 Å². The normalized spacial score (nSPS) is 18.6. The monoisotopic (exact) mass is 261 g/mol. The van der Waals surface area contributed by atoms with Crippen LogP contribution in [0.3, 0.4) is 0 Å². The molecule has 100 valence electrons. The Bertz CT molecular complexity index is 522. The second-order valence-corrected chi connectivity index (χ2v) is 4.07. The number of benzene rings is 1. The van der Waals surface area contributed by atoms with Gasteiger partial charge in [0.05, 0.1) is 12.6 Å². The number of rotatable bonds is 3. The number of carbonyl (C=O) groups is 2. The quantitative estimate of drug-likeness (QED) is 0.848. The minimum Gasteiger partial charge on any atom is -0.462 e. The third-order valence-corrected chi connectivity index (χ3v) is 2.80. The first-order valence-electron chi connectivity index (χ1n) is 6.04. The number of cyclic esters (lactones) is 1. The maximum atomic E-state index is 12.0. The van der Waals surface area contributed by atoms with Crippen molar-refractivity contribution in [1.82, 2.24) is 5.32 Å². The second kappa shape index (κ2) is 5.56. The highest BCUT2D eigenvalue weighted by Crippen LogP contribution is 2.29. The maximum Gasteiger partial charge on any atom is 0.413 e. The molecule has 1 heterocycles. The third-order valence-electron chi connectivity index (χ3n) is 2.80. The predicted octanol–water partition coefficient (Wildman–Crippen LogP) is 2.30. The SMILES string of the molecule is CCOC(=O)C1=C(C)OC(=O)NC1c1ccccc1. The van der Waals surface area contributed by atoms with Gasteiger partial charge in [-0.15, -0.1) is 0 Å². The lowest BCUT2D eigenvalue weighted by Crippen LogP contribution is -2.37. The highest BCUT2D eigenvalue weighted by atomic mass is 16.6. The first-order valence-corrected chi connectivity index (χ1v) is 6.04. The number of alkyl carbamates (subject to hydrolysis) is 1. The Kier molecular flexibility index (Phi) is 3.85. The molecule has 1 aliphatic rings. The van der Waals surface area contributed by atoms with Crippen LogP contribution in [-0.2, 0) is 14.3 Å². The molecule has 1 aromatic carbocycles. The number of allylic oxidation sites excluding steroid dienone is 1. The van der Waals surface area contributed by atoms with Crippen LogP contribution in [0.25, 0.3) is 0 Å². The summed E-state index contributed by atoms with van der Waals surface area (Å²) >= 11 is 0. The molecule has 0 saturated heterocycles. The summed E-state index contributed by atoms with van der Waals surface area (Å²) in [5.74, 6) is -0.204. The Morgan fingerprint density at radius 3 is 2.68 bits per heavy atom. The predicted molar refractivity (Wildman–Crippen MR) is 68.1 cm³/mol. The van der Waals surface area contributed by atoms with Crippen molar-refractivity contribution in [1.29, 1.82) is 0 Å². The van der Waals surface area contributed by atoms with Gasteiger partial charge in [0, 0.05) is 0 Å². The summed E-state index contributed by atoms with van der Waals surface area (Å²) in [5.41, 5.74) is 1.13. The van der Waals surface area contributed by atoms with Crippen molar-refractivity contribution in [3.63, 3.8) is 0 Å². The van der Waals surface area contributed by atoms with Crippen LogP contribution in [0.2, 0.25) is 0 Å². The molecule has 5 heteroatoms. The van der Waals surface area contributed by atoms with E-state index >= 15 is 0 Å². The van der Waals surface area contributed by atoms with Crippen molar-refractivity contribution in [3.05, 3.63) is 47.2 Å². The molecular formula is C14H15NO4. The number of ether oxygens (including phenoxy) is 2. The molecule has 0 saturated carbocycles. The van der Waals surface area contributed by atoms with Gasteiger partial charge < -0.3 is 14.8 Å². The summed E-state index contributed by atoms with van der Waals surface area (Å²) in [6.07, 6.45) is -0.570. The smallest absolute Gasteiger partial charge is 0.413 e. The molecule has 0 spiro atoms. The molecule has 1 aromatic rings. The molecule has 0 fully saturated rings. The lowest BCUT2D eigenvalue weighted by atomic mass is 9.97. The van der Waals surface area contributed by atoms with Crippen molar-refractivity contribution in [3.8, 4) is 0 Å². The fraction of sp³-hybridized carbons (Fsp3) is 0.286. The molecule has 1 amide bonds. The zero-order valence-corrected chi connectivity index (χ0v) is 10.8. The van der Waals surface area contributed by atoms with E-state index in [0.29, 0.717) is 5.57 Å². The van der Waals surface area contributed by atoms with Crippen LogP contribution in [-0.4, -0.2) is 18.7 Å². The van der Waals surface area contributed by atoms with E-state index in [1.54, 1.807) is 13.8 Å². The molecule has 0 aromatic heterocycles. The number of hydrogen-bond acceptors (Lipinski definition) is 4. The Morgan fingerprint density at radius 1 is 1.37 bits per heavy atom. The Morgan fingerprint density at radius 2 is 2.05 bits per heavy atom. The Hall–Kier alpha value is -2.30. The number of amides is 1. The summed E-state index contributed by atoms with van der Waals surface area (Å²) in [6, 6.07) is 8.68. The molecule has 0 bridgehead atoms. The van der Waals surface area contributed by atoms with Gasteiger partial charge in [-0.1, -0.05) is 30.3 Å². The van der Waals surface area contributed by atoms with Gasteiger partial charge in [0.25, 0.3) is 0 Å². The van der Waals surface area contributed by atoms with Gasteiger partial charge in [-0.3, -0.25) is 0 Å². The second-order valence-electron chi connectivity index (χ2n) is 4.07.